The summed E-state index contributed by atoms with van der Waals surface area (Å²) in [5, 5.41) is 35.9. The molecule has 0 heterocycles. The fourth-order valence-corrected chi connectivity index (χ4v) is 3.39. The van der Waals surface area contributed by atoms with E-state index in [-0.39, 0.29) is 24.3 Å². The maximum Gasteiger partial charge on any atom is 0.326 e. The number of carboxylic acids is 1. The van der Waals surface area contributed by atoms with E-state index in [1.54, 1.807) is 30.3 Å². The van der Waals surface area contributed by atoms with Gasteiger partial charge in [0, 0.05) is 18.6 Å². The molecule has 0 aliphatic carbocycles. The Hall–Kier alpha value is -3.61. The molecule has 0 aliphatic rings. The Labute approximate surface area is 213 Å². The van der Waals surface area contributed by atoms with Crippen molar-refractivity contribution in [3.63, 3.8) is 0 Å². The van der Waals surface area contributed by atoms with E-state index in [2.05, 4.69) is 28.6 Å². The molecule has 4 unspecified atom stereocenters. The molecule has 2 rings (SSSR count). The van der Waals surface area contributed by atoms with Gasteiger partial charge in [0.1, 0.15) is 23.9 Å². The van der Waals surface area contributed by atoms with Crippen LogP contribution in [0, 0.1) is 0 Å². The average molecular weight is 519 g/mol. The molecule has 0 radical (unpaired) electrons. The number of nitrogens with one attached hydrogen (secondary N) is 3. The van der Waals surface area contributed by atoms with E-state index in [4.69, 9.17) is 5.73 Å². The standard InChI is InChI=1S/C24H30N4O7S/c25-17(13-36)21(31)28-20(12-29)23(33)26-18(10-14-4-2-1-3-5-14)22(32)27-19(24(34)35)11-15-6-8-16(30)9-7-15/h1-9,17-20,29-30,36H,10-13,25H2,(H,26,33)(H,27,32)(H,28,31)(H,34,35). The minimum absolute atomic E-state index is 0.0150. The maximum atomic E-state index is 13.1. The van der Waals surface area contributed by atoms with Crippen LogP contribution in [0.1, 0.15) is 11.1 Å². The van der Waals surface area contributed by atoms with E-state index >= 15 is 0 Å². The van der Waals surface area contributed by atoms with E-state index in [0.29, 0.717) is 11.1 Å². The Morgan fingerprint density at radius 2 is 1.28 bits per heavy atom. The number of nitrogens with two attached hydrogens (primary N) is 1. The molecule has 11 nitrogen and oxygen atoms in total. The summed E-state index contributed by atoms with van der Waals surface area (Å²) in [5.74, 6) is -3.58. The minimum atomic E-state index is -1.39. The second-order valence-electron chi connectivity index (χ2n) is 8.05. The number of carboxylic acid groups (broad SMARTS) is 1. The Morgan fingerprint density at radius 3 is 1.83 bits per heavy atom. The van der Waals surface area contributed by atoms with Crippen molar-refractivity contribution in [3.8, 4) is 5.75 Å². The highest BCUT2D eigenvalue weighted by molar-refractivity contribution is 7.80. The van der Waals surface area contributed by atoms with Crippen molar-refractivity contribution < 1.29 is 34.5 Å². The molecule has 36 heavy (non-hydrogen) atoms. The lowest BCUT2D eigenvalue weighted by Crippen LogP contribution is -2.58. The molecule has 2 aromatic rings. The van der Waals surface area contributed by atoms with Crippen molar-refractivity contribution in [2.75, 3.05) is 12.4 Å². The number of thiol groups is 1. The first-order chi connectivity index (χ1) is 17.1. The van der Waals surface area contributed by atoms with E-state index in [0.717, 1.165) is 0 Å². The topological polar surface area (TPSA) is 191 Å². The third kappa shape index (κ3) is 8.87. The molecule has 12 heteroatoms. The lowest BCUT2D eigenvalue weighted by Gasteiger charge is -2.24. The molecule has 0 spiro atoms. The largest absolute Gasteiger partial charge is 0.508 e. The lowest BCUT2D eigenvalue weighted by atomic mass is 10.0. The van der Waals surface area contributed by atoms with Gasteiger partial charge in [-0.2, -0.15) is 12.6 Å². The van der Waals surface area contributed by atoms with Crippen molar-refractivity contribution in [2.24, 2.45) is 5.73 Å². The molecule has 8 N–H and O–H groups in total. The van der Waals surface area contributed by atoms with E-state index in [9.17, 15) is 34.5 Å². The Balaban J connectivity index is 2.19. The van der Waals surface area contributed by atoms with Gasteiger partial charge in [0.25, 0.3) is 0 Å². The van der Waals surface area contributed by atoms with Gasteiger partial charge in [-0.15, -0.1) is 0 Å². The average Bonchev–Trinajstić information content (AvgIpc) is 2.87. The van der Waals surface area contributed by atoms with Gasteiger partial charge in [-0.3, -0.25) is 14.4 Å². The molecule has 0 saturated heterocycles. The molecule has 194 valence electrons. The van der Waals surface area contributed by atoms with Gasteiger partial charge in [0.15, 0.2) is 0 Å². The highest BCUT2D eigenvalue weighted by atomic mass is 32.1. The third-order valence-corrected chi connectivity index (χ3v) is 5.65. The number of aliphatic carboxylic acids is 1. The Bertz CT molecular complexity index is 1040. The Kier molecular flexibility index (Phi) is 11.2. The van der Waals surface area contributed by atoms with Crippen LogP contribution in [0.25, 0.3) is 0 Å². The van der Waals surface area contributed by atoms with E-state index < -0.39 is 54.5 Å². The lowest BCUT2D eigenvalue weighted by molar-refractivity contribution is -0.142. The normalized spacial score (nSPS) is 14.1. The monoisotopic (exact) mass is 518 g/mol. The number of benzene rings is 2. The number of phenolic OH excluding ortho intramolecular Hbond substituents is 1. The molecule has 0 aromatic heterocycles. The molecule has 3 amide bonds. The quantitative estimate of drug-likeness (QED) is 0.154. The van der Waals surface area contributed by atoms with Crippen LogP contribution in [0.4, 0.5) is 0 Å². The highest BCUT2D eigenvalue weighted by Gasteiger charge is 2.30. The van der Waals surface area contributed by atoms with Gasteiger partial charge >= 0.3 is 5.97 Å². The van der Waals surface area contributed by atoms with Gasteiger partial charge in [-0.05, 0) is 23.3 Å². The molecule has 4 atom stereocenters. The molecule has 2 aromatic carbocycles. The smallest absolute Gasteiger partial charge is 0.326 e. The third-order valence-electron chi connectivity index (χ3n) is 5.26. The number of carbonyl (C=O) groups is 4. The van der Waals surface area contributed by atoms with Crippen LogP contribution < -0.4 is 21.7 Å². The molecular formula is C24H30N4O7S. The second kappa shape index (κ2) is 14.1. The van der Waals surface area contributed by atoms with Gasteiger partial charge in [0.2, 0.25) is 17.7 Å². The fourth-order valence-electron chi connectivity index (χ4n) is 3.23. The first-order valence-electron chi connectivity index (χ1n) is 11.1. The fraction of sp³-hybridized carbons (Fsp3) is 0.333. The van der Waals surface area contributed by atoms with Gasteiger partial charge in [-0.1, -0.05) is 42.5 Å². The number of carbonyl (C=O) groups excluding carboxylic acids is 3. The van der Waals surface area contributed by atoms with Crippen LogP contribution in [0.5, 0.6) is 5.75 Å². The van der Waals surface area contributed by atoms with Crippen LogP contribution in [0.2, 0.25) is 0 Å². The summed E-state index contributed by atoms with van der Waals surface area (Å²) >= 11 is 3.92. The van der Waals surface area contributed by atoms with Crippen molar-refractivity contribution >= 4 is 36.3 Å². The number of aliphatic hydroxyl groups excluding tert-OH is 1. The zero-order valence-electron chi connectivity index (χ0n) is 19.3. The van der Waals surface area contributed by atoms with Crippen LogP contribution in [0.3, 0.4) is 0 Å². The maximum absolute atomic E-state index is 13.1. The first kappa shape index (κ1) is 28.6. The summed E-state index contributed by atoms with van der Waals surface area (Å²) in [4.78, 5) is 49.8. The zero-order chi connectivity index (χ0) is 26.7. The Morgan fingerprint density at radius 1 is 0.778 bits per heavy atom. The first-order valence-corrected chi connectivity index (χ1v) is 11.7. The van der Waals surface area contributed by atoms with Gasteiger partial charge in [0.05, 0.1) is 12.6 Å². The number of amides is 3. The van der Waals surface area contributed by atoms with Crippen LogP contribution in [0.15, 0.2) is 54.6 Å². The molecule has 0 saturated carbocycles. The zero-order valence-corrected chi connectivity index (χ0v) is 20.2. The minimum Gasteiger partial charge on any atom is -0.508 e. The summed E-state index contributed by atoms with van der Waals surface area (Å²) in [6.45, 7) is -0.755. The number of hydrogen-bond donors (Lipinski definition) is 8. The summed E-state index contributed by atoms with van der Waals surface area (Å²) in [6.07, 6.45) is -0.0451. The van der Waals surface area contributed by atoms with E-state index in [1.165, 1.54) is 24.3 Å². The summed E-state index contributed by atoms with van der Waals surface area (Å²) in [7, 11) is 0. The molecule has 0 aliphatic heterocycles. The number of aromatic hydroxyl groups is 1. The van der Waals surface area contributed by atoms with Crippen LogP contribution in [-0.2, 0) is 32.0 Å². The summed E-state index contributed by atoms with van der Waals surface area (Å²) in [6, 6.07) is 9.66. The number of hydrogen-bond acceptors (Lipinski definition) is 8. The number of rotatable bonds is 13. The highest BCUT2D eigenvalue weighted by Crippen LogP contribution is 2.12. The van der Waals surface area contributed by atoms with Crippen molar-refractivity contribution in [2.45, 2.75) is 37.0 Å². The second-order valence-corrected chi connectivity index (χ2v) is 8.42. The summed E-state index contributed by atoms with van der Waals surface area (Å²) < 4.78 is 0. The predicted octanol–water partition coefficient (Wildman–Crippen LogP) is -1.03. The van der Waals surface area contributed by atoms with Crippen molar-refractivity contribution in [1.29, 1.82) is 0 Å². The molecule has 0 fully saturated rings. The van der Waals surface area contributed by atoms with Crippen molar-refractivity contribution in [3.05, 3.63) is 65.7 Å². The van der Waals surface area contributed by atoms with Gasteiger partial charge in [-0.25, -0.2) is 4.79 Å². The van der Waals surface area contributed by atoms with Gasteiger partial charge < -0.3 is 37.0 Å². The van der Waals surface area contributed by atoms with Crippen molar-refractivity contribution in [1.82, 2.24) is 16.0 Å². The number of aliphatic hydroxyl groups is 1. The SMILES string of the molecule is NC(CS)C(=O)NC(CO)C(=O)NC(Cc1ccccc1)C(=O)NC(Cc1ccc(O)cc1)C(=O)O. The summed E-state index contributed by atoms with van der Waals surface area (Å²) in [5.41, 5.74) is 6.84. The van der Waals surface area contributed by atoms with Crippen LogP contribution in [-0.4, -0.2) is 75.5 Å². The predicted molar refractivity (Wildman–Crippen MR) is 134 cm³/mol. The molecular weight excluding hydrogens is 488 g/mol. The molecule has 0 bridgehead atoms. The number of phenols is 1. The van der Waals surface area contributed by atoms with Crippen LogP contribution >= 0.6 is 12.6 Å². The van der Waals surface area contributed by atoms with E-state index in [1.807, 2.05) is 0 Å².